The van der Waals surface area contributed by atoms with Gasteiger partial charge >= 0.3 is 0 Å². The molecule has 5 nitrogen and oxygen atoms in total. The van der Waals surface area contributed by atoms with Gasteiger partial charge in [0.2, 0.25) is 15.9 Å². The molecule has 0 radical (unpaired) electrons. The van der Waals surface area contributed by atoms with Gasteiger partial charge in [0, 0.05) is 31.2 Å². The van der Waals surface area contributed by atoms with Crippen molar-refractivity contribution >= 4 is 21.6 Å². The lowest BCUT2D eigenvalue weighted by Crippen LogP contribution is -2.39. The fraction of sp³-hybridized carbons (Fsp3) is 0.562. The van der Waals surface area contributed by atoms with Crippen LogP contribution in [-0.2, 0) is 21.2 Å². The maximum absolute atomic E-state index is 12.5. The first-order chi connectivity index (χ1) is 10.5. The predicted molar refractivity (Wildman–Crippen MR) is 86.3 cm³/mol. The lowest BCUT2D eigenvalue weighted by Gasteiger charge is -2.30. The molecule has 3 rings (SSSR count). The van der Waals surface area contributed by atoms with Crippen LogP contribution in [0.2, 0.25) is 0 Å². The summed E-state index contributed by atoms with van der Waals surface area (Å²) in [4.78, 5) is 14.4. The standard InChI is InChI=1S/C16H22N2O3S/c1-22(20,21)18(14-8-9-14)12-10-16(19)17-11-4-6-13-5-2-3-7-15(13)17/h2-3,5,7,14H,4,6,8-12H2,1H3. The summed E-state index contributed by atoms with van der Waals surface area (Å²) in [6, 6.07) is 8.07. The van der Waals surface area contributed by atoms with Crippen LogP contribution in [0.25, 0.3) is 0 Å². The first-order valence-corrected chi connectivity index (χ1v) is 9.67. The van der Waals surface area contributed by atoms with Gasteiger partial charge in [-0.05, 0) is 37.3 Å². The van der Waals surface area contributed by atoms with Crippen LogP contribution in [0.5, 0.6) is 0 Å². The fourth-order valence-corrected chi connectivity index (χ4v) is 4.29. The number of aryl methyl sites for hydroxylation is 1. The zero-order valence-electron chi connectivity index (χ0n) is 12.9. The minimum Gasteiger partial charge on any atom is -0.312 e. The molecule has 0 unspecified atom stereocenters. The smallest absolute Gasteiger partial charge is 0.228 e. The highest BCUT2D eigenvalue weighted by Gasteiger charge is 2.35. The van der Waals surface area contributed by atoms with Gasteiger partial charge in [-0.15, -0.1) is 0 Å². The molecule has 2 aliphatic rings. The van der Waals surface area contributed by atoms with E-state index in [2.05, 4.69) is 6.07 Å². The Bertz CT molecular complexity index is 668. The summed E-state index contributed by atoms with van der Waals surface area (Å²) in [5.41, 5.74) is 2.18. The van der Waals surface area contributed by atoms with Crippen molar-refractivity contribution in [3.63, 3.8) is 0 Å². The lowest BCUT2D eigenvalue weighted by atomic mass is 10.0. The maximum Gasteiger partial charge on any atom is 0.228 e. The van der Waals surface area contributed by atoms with E-state index in [1.165, 1.54) is 16.1 Å². The molecule has 120 valence electrons. The van der Waals surface area contributed by atoms with Gasteiger partial charge in [0.1, 0.15) is 0 Å². The van der Waals surface area contributed by atoms with Crippen LogP contribution >= 0.6 is 0 Å². The topological polar surface area (TPSA) is 57.7 Å². The Balaban J connectivity index is 1.68. The van der Waals surface area contributed by atoms with Gasteiger partial charge in [-0.3, -0.25) is 4.79 Å². The minimum atomic E-state index is -3.23. The van der Waals surface area contributed by atoms with Gasteiger partial charge in [-0.1, -0.05) is 18.2 Å². The van der Waals surface area contributed by atoms with E-state index < -0.39 is 10.0 Å². The molecule has 22 heavy (non-hydrogen) atoms. The molecule has 0 atom stereocenters. The van der Waals surface area contributed by atoms with E-state index in [0.29, 0.717) is 6.54 Å². The monoisotopic (exact) mass is 322 g/mol. The second-order valence-corrected chi connectivity index (χ2v) is 8.07. The van der Waals surface area contributed by atoms with Crippen LogP contribution < -0.4 is 4.90 Å². The molecule has 0 N–H and O–H groups in total. The van der Waals surface area contributed by atoms with Crippen molar-refractivity contribution in [3.8, 4) is 0 Å². The Hall–Kier alpha value is -1.40. The quantitative estimate of drug-likeness (QED) is 0.830. The van der Waals surface area contributed by atoms with Crippen LogP contribution in [0.1, 0.15) is 31.2 Å². The summed E-state index contributed by atoms with van der Waals surface area (Å²) in [5.74, 6) is 0.0152. The number of carbonyl (C=O) groups is 1. The largest absolute Gasteiger partial charge is 0.312 e. The molecule has 1 aliphatic carbocycles. The molecule has 1 aliphatic heterocycles. The molecule has 1 aromatic carbocycles. The van der Waals surface area contributed by atoms with Gasteiger partial charge < -0.3 is 4.90 Å². The zero-order chi connectivity index (χ0) is 15.7. The number of para-hydroxylation sites is 1. The molecular weight excluding hydrogens is 300 g/mol. The van der Waals surface area contributed by atoms with Gasteiger partial charge in [0.25, 0.3) is 0 Å². The van der Waals surface area contributed by atoms with Gasteiger partial charge in [0.15, 0.2) is 0 Å². The van der Waals surface area contributed by atoms with E-state index in [-0.39, 0.29) is 18.4 Å². The molecule has 6 heteroatoms. The summed E-state index contributed by atoms with van der Waals surface area (Å²) in [5, 5.41) is 0. The number of hydrogen-bond donors (Lipinski definition) is 0. The van der Waals surface area contributed by atoms with Gasteiger partial charge in [0.05, 0.1) is 6.26 Å². The van der Waals surface area contributed by atoms with E-state index in [9.17, 15) is 13.2 Å². The van der Waals surface area contributed by atoms with Crippen LogP contribution in [0.15, 0.2) is 24.3 Å². The molecule has 0 bridgehead atoms. The van der Waals surface area contributed by atoms with Crippen molar-refractivity contribution in [3.05, 3.63) is 29.8 Å². The third-order valence-electron chi connectivity index (χ3n) is 4.34. The van der Waals surface area contributed by atoms with Crippen LogP contribution in [0.4, 0.5) is 5.69 Å². The normalized spacial score (nSPS) is 18.4. The Morgan fingerprint density at radius 3 is 2.73 bits per heavy atom. The Labute approximate surface area is 132 Å². The number of rotatable bonds is 5. The Morgan fingerprint density at radius 1 is 1.32 bits per heavy atom. The number of hydrogen-bond acceptors (Lipinski definition) is 3. The Morgan fingerprint density at radius 2 is 2.05 bits per heavy atom. The minimum absolute atomic E-state index is 0.0152. The number of amides is 1. The predicted octanol–water partition coefficient (Wildman–Crippen LogP) is 1.78. The van der Waals surface area contributed by atoms with Crippen molar-refractivity contribution in [2.75, 3.05) is 24.2 Å². The third kappa shape index (κ3) is 3.33. The number of fused-ring (bicyclic) bond motifs is 1. The van der Waals surface area contributed by atoms with E-state index in [0.717, 1.165) is 37.9 Å². The van der Waals surface area contributed by atoms with E-state index >= 15 is 0 Å². The first kappa shape index (κ1) is 15.5. The molecule has 1 amide bonds. The van der Waals surface area contributed by atoms with Crippen LogP contribution in [0.3, 0.4) is 0 Å². The van der Waals surface area contributed by atoms with E-state index in [1.54, 1.807) is 0 Å². The summed E-state index contributed by atoms with van der Waals surface area (Å²) in [6.07, 6.45) is 5.25. The summed E-state index contributed by atoms with van der Waals surface area (Å²) < 4.78 is 25.1. The van der Waals surface area contributed by atoms with Gasteiger partial charge in [-0.25, -0.2) is 8.42 Å². The number of sulfonamides is 1. The molecule has 1 fully saturated rings. The van der Waals surface area contributed by atoms with Crippen LogP contribution in [0, 0.1) is 0 Å². The van der Waals surface area contributed by atoms with E-state index in [1.807, 2.05) is 23.1 Å². The molecule has 1 heterocycles. The highest BCUT2D eigenvalue weighted by Crippen LogP contribution is 2.30. The maximum atomic E-state index is 12.5. The number of benzene rings is 1. The van der Waals surface area contributed by atoms with Crippen molar-refractivity contribution in [1.29, 1.82) is 0 Å². The molecule has 1 saturated carbocycles. The molecule has 1 aromatic rings. The second kappa shape index (κ2) is 6.01. The average Bonchev–Trinajstić information content (AvgIpc) is 3.30. The number of nitrogens with zero attached hydrogens (tertiary/aromatic N) is 2. The second-order valence-electron chi connectivity index (χ2n) is 6.13. The number of carbonyl (C=O) groups excluding carboxylic acids is 1. The SMILES string of the molecule is CS(=O)(=O)N(CCC(=O)N1CCCc2ccccc21)C1CC1. The first-order valence-electron chi connectivity index (χ1n) is 7.82. The van der Waals surface area contributed by atoms with Crippen molar-refractivity contribution in [1.82, 2.24) is 4.31 Å². The van der Waals surface area contributed by atoms with Crippen molar-refractivity contribution < 1.29 is 13.2 Å². The highest BCUT2D eigenvalue weighted by molar-refractivity contribution is 7.88. The molecule has 0 aromatic heterocycles. The van der Waals surface area contributed by atoms with Crippen LogP contribution in [-0.4, -0.2) is 44.0 Å². The average molecular weight is 322 g/mol. The lowest BCUT2D eigenvalue weighted by molar-refractivity contribution is -0.118. The Kier molecular flexibility index (Phi) is 4.23. The molecular formula is C16H22N2O3S. The van der Waals surface area contributed by atoms with Crippen molar-refractivity contribution in [2.24, 2.45) is 0 Å². The third-order valence-corrected chi connectivity index (χ3v) is 5.67. The zero-order valence-corrected chi connectivity index (χ0v) is 13.7. The highest BCUT2D eigenvalue weighted by atomic mass is 32.2. The molecule has 0 saturated heterocycles. The fourth-order valence-electron chi connectivity index (χ4n) is 3.12. The summed E-state index contributed by atoms with van der Waals surface area (Å²) >= 11 is 0. The van der Waals surface area contributed by atoms with Gasteiger partial charge in [-0.2, -0.15) is 4.31 Å². The van der Waals surface area contributed by atoms with Crippen molar-refractivity contribution in [2.45, 2.75) is 38.1 Å². The summed E-state index contributed by atoms with van der Waals surface area (Å²) in [7, 11) is -3.23. The van der Waals surface area contributed by atoms with E-state index in [4.69, 9.17) is 0 Å². The summed E-state index contributed by atoms with van der Waals surface area (Å²) in [6.45, 7) is 1.01. The molecule has 0 spiro atoms. The number of anilines is 1.